The number of carbonyl (C=O) groups excluding carboxylic acids is 2. The Kier molecular flexibility index (Phi) is 6.44. The SMILES string of the molecule is Cc1ccc(NC(=O)c2ccccc2OCC(=O)c2ccc([N+](=O)[O-])cc2)cc1Cl. The third-order valence-corrected chi connectivity index (χ3v) is 4.73. The number of halogens is 1. The predicted molar refractivity (Wildman–Crippen MR) is 114 cm³/mol. The van der Waals surface area contributed by atoms with Gasteiger partial charge in [0.25, 0.3) is 11.6 Å². The van der Waals surface area contributed by atoms with Crippen LogP contribution in [0.15, 0.2) is 66.7 Å². The van der Waals surface area contributed by atoms with Gasteiger partial charge in [0.15, 0.2) is 12.4 Å². The smallest absolute Gasteiger partial charge is 0.269 e. The molecule has 30 heavy (non-hydrogen) atoms. The van der Waals surface area contributed by atoms with Crippen LogP contribution in [-0.2, 0) is 0 Å². The van der Waals surface area contributed by atoms with E-state index >= 15 is 0 Å². The maximum Gasteiger partial charge on any atom is 0.269 e. The number of amides is 1. The summed E-state index contributed by atoms with van der Waals surface area (Å²) in [6, 6.07) is 16.9. The highest BCUT2D eigenvalue weighted by atomic mass is 35.5. The van der Waals surface area contributed by atoms with Crippen molar-refractivity contribution in [1.82, 2.24) is 0 Å². The molecule has 0 aromatic heterocycles. The lowest BCUT2D eigenvalue weighted by molar-refractivity contribution is -0.384. The monoisotopic (exact) mass is 424 g/mol. The van der Waals surface area contributed by atoms with Crippen molar-refractivity contribution in [2.24, 2.45) is 0 Å². The fraction of sp³-hybridized carbons (Fsp3) is 0.0909. The summed E-state index contributed by atoms with van der Waals surface area (Å²) in [5, 5.41) is 14.0. The van der Waals surface area contributed by atoms with E-state index in [0.29, 0.717) is 10.7 Å². The van der Waals surface area contributed by atoms with Crippen molar-refractivity contribution in [3.05, 3.63) is 98.6 Å². The van der Waals surface area contributed by atoms with Crippen LogP contribution in [-0.4, -0.2) is 23.2 Å². The van der Waals surface area contributed by atoms with Crippen LogP contribution in [0.1, 0.15) is 26.3 Å². The second kappa shape index (κ2) is 9.19. The molecule has 3 rings (SSSR count). The number of ketones is 1. The van der Waals surface area contributed by atoms with Crippen molar-refractivity contribution in [3.63, 3.8) is 0 Å². The van der Waals surface area contributed by atoms with E-state index < -0.39 is 10.8 Å². The molecule has 0 aliphatic carbocycles. The minimum absolute atomic E-state index is 0.106. The molecule has 3 aromatic rings. The van der Waals surface area contributed by atoms with Crippen LogP contribution in [0.3, 0.4) is 0 Å². The zero-order valence-electron chi connectivity index (χ0n) is 15.9. The number of nitro benzene ring substituents is 1. The number of carbonyl (C=O) groups is 2. The molecule has 0 radical (unpaired) electrons. The number of para-hydroxylation sites is 1. The van der Waals surface area contributed by atoms with Crippen LogP contribution >= 0.6 is 11.6 Å². The number of nitrogens with zero attached hydrogens (tertiary/aromatic N) is 1. The molecule has 0 saturated heterocycles. The maximum absolute atomic E-state index is 12.7. The van der Waals surface area contributed by atoms with Crippen LogP contribution in [0.5, 0.6) is 5.75 Å². The van der Waals surface area contributed by atoms with Crippen LogP contribution in [0.25, 0.3) is 0 Å². The van der Waals surface area contributed by atoms with Crippen molar-refractivity contribution in [3.8, 4) is 5.75 Å². The number of ether oxygens (including phenoxy) is 1. The molecular weight excluding hydrogens is 408 g/mol. The number of rotatable bonds is 7. The maximum atomic E-state index is 12.7. The van der Waals surface area contributed by atoms with Crippen molar-refractivity contribution < 1.29 is 19.2 Å². The van der Waals surface area contributed by atoms with Gasteiger partial charge in [-0.15, -0.1) is 0 Å². The van der Waals surface area contributed by atoms with Crippen molar-refractivity contribution >= 4 is 34.7 Å². The second-order valence-corrected chi connectivity index (χ2v) is 6.84. The van der Waals surface area contributed by atoms with Crippen LogP contribution in [0, 0.1) is 17.0 Å². The predicted octanol–water partition coefficient (Wildman–Crippen LogP) is 5.07. The molecule has 152 valence electrons. The summed E-state index contributed by atoms with van der Waals surface area (Å²) in [6.45, 7) is 1.54. The lowest BCUT2D eigenvalue weighted by Gasteiger charge is -2.12. The van der Waals surface area contributed by atoms with Crippen molar-refractivity contribution in [2.75, 3.05) is 11.9 Å². The molecule has 0 fully saturated rings. The summed E-state index contributed by atoms with van der Waals surface area (Å²) in [4.78, 5) is 35.2. The summed E-state index contributed by atoms with van der Waals surface area (Å²) in [5.74, 6) is -0.540. The van der Waals surface area contributed by atoms with Gasteiger partial charge < -0.3 is 10.1 Å². The van der Waals surface area contributed by atoms with Gasteiger partial charge in [-0.3, -0.25) is 19.7 Å². The highest BCUT2D eigenvalue weighted by Crippen LogP contribution is 2.23. The lowest BCUT2D eigenvalue weighted by Crippen LogP contribution is -2.16. The number of aryl methyl sites for hydroxylation is 1. The van der Waals surface area contributed by atoms with E-state index in [1.807, 2.05) is 6.92 Å². The second-order valence-electron chi connectivity index (χ2n) is 6.43. The first kappa shape index (κ1) is 21.0. The number of non-ortho nitro benzene ring substituents is 1. The Morgan fingerprint density at radius 2 is 1.77 bits per heavy atom. The zero-order chi connectivity index (χ0) is 21.7. The Hall–Kier alpha value is -3.71. The number of anilines is 1. The number of nitro groups is 1. The molecule has 0 aliphatic rings. The first-order valence-electron chi connectivity index (χ1n) is 8.92. The Morgan fingerprint density at radius 3 is 2.43 bits per heavy atom. The normalized spacial score (nSPS) is 10.3. The molecule has 1 amide bonds. The van der Waals surface area contributed by atoms with Gasteiger partial charge in [-0.1, -0.05) is 29.8 Å². The fourth-order valence-corrected chi connectivity index (χ4v) is 2.83. The zero-order valence-corrected chi connectivity index (χ0v) is 16.7. The molecule has 3 aromatic carbocycles. The molecule has 0 spiro atoms. The molecule has 0 atom stereocenters. The van der Waals surface area contributed by atoms with Gasteiger partial charge in [0, 0.05) is 28.4 Å². The Morgan fingerprint density at radius 1 is 1.07 bits per heavy atom. The lowest BCUT2D eigenvalue weighted by atomic mass is 10.1. The van der Waals surface area contributed by atoms with E-state index in [0.717, 1.165) is 5.56 Å². The third kappa shape index (κ3) is 5.01. The molecule has 0 heterocycles. The van der Waals surface area contributed by atoms with E-state index in [9.17, 15) is 19.7 Å². The fourth-order valence-electron chi connectivity index (χ4n) is 2.64. The van der Waals surface area contributed by atoms with E-state index in [4.69, 9.17) is 16.3 Å². The Labute approximate surface area is 177 Å². The Balaban J connectivity index is 1.70. The largest absolute Gasteiger partial charge is 0.485 e. The van der Waals surface area contributed by atoms with E-state index in [1.165, 1.54) is 24.3 Å². The topological polar surface area (TPSA) is 98.5 Å². The summed E-state index contributed by atoms with van der Waals surface area (Å²) >= 11 is 6.09. The van der Waals surface area contributed by atoms with Crippen molar-refractivity contribution in [1.29, 1.82) is 0 Å². The third-order valence-electron chi connectivity index (χ3n) is 4.32. The molecule has 0 bridgehead atoms. The van der Waals surface area contributed by atoms with Gasteiger partial charge in [-0.25, -0.2) is 0 Å². The average molecular weight is 425 g/mol. The highest BCUT2D eigenvalue weighted by molar-refractivity contribution is 6.31. The summed E-state index contributed by atoms with van der Waals surface area (Å²) in [6.07, 6.45) is 0. The quantitative estimate of drug-likeness (QED) is 0.324. The van der Waals surface area contributed by atoms with Gasteiger partial charge in [-0.2, -0.15) is 0 Å². The minimum atomic E-state index is -0.541. The van der Waals surface area contributed by atoms with Crippen LogP contribution in [0.2, 0.25) is 5.02 Å². The summed E-state index contributed by atoms with van der Waals surface area (Å²) < 4.78 is 5.56. The van der Waals surface area contributed by atoms with E-state index in [1.54, 1.807) is 42.5 Å². The first-order chi connectivity index (χ1) is 14.3. The molecule has 1 N–H and O–H groups in total. The molecule has 8 heteroatoms. The number of benzene rings is 3. The van der Waals surface area contributed by atoms with Crippen LogP contribution < -0.4 is 10.1 Å². The van der Waals surface area contributed by atoms with Gasteiger partial charge in [0.2, 0.25) is 0 Å². The number of nitrogens with one attached hydrogen (secondary N) is 1. The van der Waals surface area contributed by atoms with Gasteiger partial charge in [0.05, 0.1) is 10.5 Å². The molecular formula is C22H17ClN2O5. The molecule has 0 saturated carbocycles. The Bertz CT molecular complexity index is 1110. The molecule has 0 unspecified atom stereocenters. The first-order valence-corrected chi connectivity index (χ1v) is 9.30. The summed E-state index contributed by atoms with van der Waals surface area (Å²) in [5.41, 5.74) is 1.85. The summed E-state index contributed by atoms with van der Waals surface area (Å²) in [7, 11) is 0. The number of Topliss-reactive ketones (excluding diaryl/α,β-unsaturated/α-hetero) is 1. The van der Waals surface area contributed by atoms with E-state index in [2.05, 4.69) is 5.32 Å². The van der Waals surface area contributed by atoms with Gasteiger partial charge in [-0.05, 0) is 48.9 Å². The standard InChI is InChI=1S/C22H17ClN2O5/c1-14-6-9-16(12-19(14)23)24-22(27)18-4-2-3-5-21(18)30-13-20(26)15-7-10-17(11-8-15)25(28)29/h2-12H,13H2,1H3,(H,24,27). The van der Waals surface area contributed by atoms with Gasteiger partial charge >= 0.3 is 0 Å². The van der Waals surface area contributed by atoms with E-state index in [-0.39, 0.29) is 35.0 Å². The molecule has 0 aliphatic heterocycles. The van der Waals surface area contributed by atoms with Gasteiger partial charge in [0.1, 0.15) is 5.75 Å². The average Bonchev–Trinajstić information content (AvgIpc) is 2.75. The number of hydrogen-bond donors (Lipinski definition) is 1. The van der Waals surface area contributed by atoms with Crippen molar-refractivity contribution in [2.45, 2.75) is 6.92 Å². The highest BCUT2D eigenvalue weighted by Gasteiger charge is 2.15. The minimum Gasteiger partial charge on any atom is -0.485 e. The molecule has 7 nitrogen and oxygen atoms in total. The van der Waals surface area contributed by atoms with Crippen LogP contribution in [0.4, 0.5) is 11.4 Å². The number of hydrogen-bond acceptors (Lipinski definition) is 5.